The topological polar surface area (TPSA) is 188 Å². The summed E-state index contributed by atoms with van der Waals surface area (Å²) >= 11 is 0. The van der Waals surface area contributed by atoms with Crippen LogP contribution in [0, 0.1) is 0 Å². The molecule has 0 bridgehead atoms. The third-order valence-corrected chi connectivity index (χ3v) is 2.59. The number of rotatable bonds is 6. The lowest BCUT2D eigenvalue weighted by molar-refractivity contribution is -0.165. The number of aliphatic hydroxyl groups is 3. The van der Waals surface area contributed by atoms with Crippen molar-refractivity contribution in [2.24, 2.45) is 0 Å². The van der Waals surface area contributed by atoms with E-state index in [4.69, 9.17) is 30.6 Å². The van der Waals surface area contributed by atoms with E-state index in [1.54, 1.807) is 13.1 Å². The van der Waals surface area contributed by atoms with Gasteiger partial charge in [0, 0.05) is 6.54 Å². The molecule has 0 aliphatic carbocycles. The summed E-state index contributed by atoms with van der Waals surface area (Å²) in [6, 6.07) is 4.26. The Morgan fingerprint density at radius 2 is 1.48 bits per heavy atom. The van der Waals surface area contributed by atoms with Crippen molar-refractivity contribution in [3.8, 4) is 11.5 Å². The van der Waals surface area contributed by atoms with Crippen molar-refractivity contribution < 1.29 is 45.3 Å². The fourth-order valence-electron chi connectivity index (χ4n) is 1.33. The van der Waals surface area contributed by atoms with Gasteiger partial charge in [-0.2, -0.15) is 0 Å². The SMILES string of the molecule is CNC[C@H](O)c1ccc(O)c(O)c1.O=C(O)[C@@H](O)[C@H](O)C(=O)O. The summed E-state index contributed by atoms with van der Waals surface area (Å²) in [6.45, 7) is 0.407. The number of aliphatic hydroxyl groups excluding tert-OH is 3. The van der Waals surface area contributed by atoms with Crippen LogP contribution in [0.25, 0.3) is 0 Å². The number of aromatic hydroxyl groups is 2. The molecule has 10 nitrogen and oxygen atoms in total. The highest BCUT2D eigenvalue weighted by molar-refractivity contribution is 5.83. The molecule has 3 atom stereocenters. The Labute approximate surface area is 130 Å². The zero-order valence-corrected chi connectivity index (χ0v) is 12.1. The van der Waals surface area contributed by atoms with E-state index >= 15 is 0 Å². The summed E-state index contributed by atoms with van der Waals surface area (Å²) in [7, 11) is 1.73. The van der Waals surface area contributed by atoms with E-state index in [2.05, 4.69) is 5.32 Å². The molecular weight excluding hydrogens is 314 g/mol. The maximum Gasteiger partial charge on any atom is 0.335 e. The molecule has 0 saturated carbocycles. The third-order valence-electron chi connectivity index (χ3n) is 2.59. The number of aliphatic carboxylic acids is 2. The van der Waals surface area contributed by atoms with Gasteiger partial charge in [-0.3, -0.25) is 0 Å². The largest absolute Gasteiger partial charge is 0.504 e. The minimum absolute atomic E-state index is 0.180. The van der Waals surface area contributed by atoms with Gasteiger partial charge in [0.2, 0.25) is 0 Å². The highest BCUT2D eigenvalue weighted by atomic mass is 16.4. The number of nitrogens with one attached hydrogen (secondary N) is 1. The number of hydrogen-bond acceptors (Lipinski definition) is 8. The Kier molecular flexibility index (Phi) is 8.58. The number of carboxylic acid groups (broad SMARTS) is 2. The molecule has 0 radical (unpaired) electrons. The summed E-state index contributed by atoms with van der Waals surface area (Å²) in [6.07, 6.45) is -5.20. The van der Waals surface area contributed by atoms with Gasteiger partial charge >= 0.3 is 11.9 Å². The van der Waals surface area contributed by atoms with Gasteiger partial charge in [-0.05, 0) is 24.7 Å². The minimum Gasteiger partial charge on any atom is -0.504 e. The van der Waals surface area contributed by atoms with Crippen LogP contribution < -0.4 is 5.32 Å². The number of phenols is 2. The third kappa shape index (κ3) is 6.93. The van der Waals surface area contributed by atoms with Gasteiger partial charge < -0.3 is 41.1 Å². The smallest absolute Gasteiger partial charge is 0.335 e. The molecular formula is C13H19NO9. The molecule has 0 unspecified atom stereocenters. The first kappa shape index (κ1) is 20.6. The second-order valence-electron chi connectivity index (χ2n) is 4.39. The van der Waals surface area contributed by atoms with Gasteiger partial charge in [-0.1, -0.05) is 6.07 Å². The van der Waals surface area contributed by atoms with E-state index < -0.39 is 30.3 Å². The normalized spacial score (nSPS) is 14.1. The van der Waals surface area contributed by atoms with Gasteiger partial charge in [0.1, 0.15) is 0 Å². The molecule has 1 aromatic rings. The second kappa shape index (κ2) is 9.58. The molecule has 1 aromatic carbocycles. The summed E-state index contributed by atoms with van der Waals surface area (Å²) in [5.74, 6) is -3.93. The minimum atomic E-state index is -2.27. The molecule has 0 heterocycles. The van der Waals surface area contributed by atoms with Crippen LogP contribution in [-0.4, -0.2) is 73.5 Å². The van der Waals surface area contributed by atoms with Crippen LogP contribution in [0.2, 0.25) is 0 Å². The predicted octanol–water partition coefficient (Wildman–Crippen LogP) is -1.77. The van der Waals surface area contributed by atoms with E-state index in [1.807, 2.05) is 0 Å². The van der Waals surface area contributed by atoms with E-state index in [0.717, 1.165) is 0 Å². The Morgan fingerprint density at radius 1 is 1.00 bits per heavy atom. The van der Waals surface area contributed by atoms with Gasteiger partial charge in [-0.25, -0.2) is 9.59 Å². The van der Waals surface area contributed by atoms with E-state index in [9.17, 15) is 14.7 Å². The number of benzene rings is 1. The lowest BCUT2D eigenvalue weighted by Crippen LogP contribution is -2.39. The molecule has 0 saturated heterocycles. The highest BCUT2D eigenvalue weighted by Crippen LogP contribution is 2.27. The predicted molar refractivity (Wildman–Crippen MR) is 75.9 cm³/mol. The van der Waals surface area contributed by atoms with Crippen molar-refractivity contribution in [2.45, 2.75) is 18.3 Å². The van der Waals surface area contributed by atoms with Crippen molar-refractivity contribution in [2.75, 3.05) is 13.6 Å². The molecule has 10 heteroatoms. The van der Waals surface area contributed by atoms with Gasteiger partial charge in [0.05, 0.1) is 6.10 Å². The molecule has 23 heavy (non-hydrogen) atoms. The van der Waals surface area contributed by atoms with Crippen molar-refractivity contribution >= 4 is 11.9 Å². The number of carboxylic acids is 2. The van der Waals surface area contributed by atoms with Crippen LogP contribution in [0.15, 0.2) is 18.2 Å². The van der Waals surface area contributed by atoms with Crippen LogP contribution in [0.5, 0.6) is 11.5 Å². The summed E-state index contributed by atoms with van der Waals surface area (Å²) in [5.41, 5.74) is 0.574. The fourth-order valence-corrected chi connectivity index (χ4v) is 1.33. The molecule has 1 rings (SSSR count). The lowest BCUT2D eigenvalue weighted by Gasteiger charge is -2.10. The first-order chi connectivity index (χ1) is 10.6. The monoisotopic (exact) mass is 333 g/mol. The Hall–Kier alpha value is -2.40. The molecule has 130 valence electrons. The van der Waals surface area contributed by atoms with Crippen LogP contribution >= 0.6 is 0 Å². The van der Waals surface area contributed by atoms with E-state index in [-0.39, 0.29) is 11.5 Å². The van der Waals surface area contributed by atoms with E-state index in [0.29, 0.717) is 12.1 Å². The van der Waals surface area contributed by atoms with Crippen molar-refractivity contribution in [1.29, 1.82) is 0 Å². The van der Waals surface area contributed by atoms with Crippen LogP contribution in [0.3, 0.4) is 0 Å². The fraction of sp³-hybridized carbons (Fsp3) is 0.385. The summed E-state index contributed by atoms with van der Waals surface area (Å²) < 4.78 is 0. The molecule has 0 aliphatic heterocycles. The Morgan fingerprint density at radius 3 is 1.83 bits per heavy atom. The van der Waals surface area contributed by atoms with Crippen LogP contribution in [0.4, 0.5) is 0 Å². The lowest BCUT2D eigenvalue weighted by atomic mass is 10.1. The molecule has 0 amide bonds. The van der Waals surface area contributed by atoms with Crippen molar-refractivity contribution in [3.05, 3.63) is 23.8 Å². The molecule has 0 fully saturated rings. The number of likely N-dealkylation sites (N-methyl/N-ethyl adjacent to an activating group) is 1. The van der Waals surface area contributed by atoms with Gasteiger partial charge in [0.15, 0.2) is 23.7 Å². The number of phenolic OH excluding ortho intramolecular Hbond substituents is 2. The zero-order valence-electron chi connectivity index (χ0n) is 12.1. The maximum absolute atomic E-state index is 9.77. The van der Waals surface area contributed by atoms with Crippen LogP contribution in [-0.2, 0) is 9.59 Å². The highest BCUT2D eigenvalue weighted by Gasteiger charge is 2.29. The molecule has 0 aromatic heterocycles. The molecule has 0 aliphatic rings. The van der Waals surface area contributed by atoms with Crippen LogP contribution in [0.1, 0.15) is 11.7 Å². The van der Waals surface area contributed by atoms with Gasteiger partial charge in [-0.15, -0.1) is 0 Å². The summed E-state index contributed by atoms with van der Waals surface area (Å²) in [4.78, 5) is 19.5. The second-order valence-corrected chi connectivity index (χ2v) is 4.39. The average Bonchev–Trinajstić information content (AvgIpc) is 2.49. The Balaban J connectivity index is 0.000000438. The van der Waals surface area contributed by atoms with Gasteiger partial charge in [0.25, 0.3) is 0 Å². The maximum atomic E-state index is 9.77. The quantitative estimate of drug-likeness (QED) is 0.277. The van der Waals surface area contributed by atoms with E-state index in [1.165, 1.54) is 12.1 Å². The Bertz CT molecular complexity index is 516. The number of hydrogen-bond donors (Lipinski definition) is 8. The average molecular weight is 333 g/mol. The number of carbonyl (C=O) groups is 2. The standard InChI is InChI=1S/C9H13NO3.C4H6O6/c1-10-5-9(13)6-2-3-7(11)8(12)4-6;5-1(3(7)8)2(6)4(9)10/h2-4,9-13H,5H2,1H3;1-2,5-6H,(H,7,8)(H,9,10)/t9-;1-,2-/m00/s1. The first-order valence-corrected chi connectivity index (χ1v) is 6.28. The molecule has 0 spiro atoms. The molecule has 8 N–H and O–H groups in total. The van der Waals surface area contributed by atoms with Crippen molar-refractivity contribution in [1.82, 2.24) is 5.32 Å². The van der Waals surface area contributed by atoms with Crippen molar-refractivity contribution in [3.63, 3.8) is 0 Å². The first-order valence-electron chi connectivity index (χ1n) is 6.28. The summed E-state index contributed by atoms with van der Waals surface area (Å²) in [5, 5.41) is 63.0. The zero-order chi connectivity index (χ0) is 18.2.